The summed E-state index contributed by atoms with van der Waals surface area (Å²) >= 11 is 0. The summed E-state index contributed by atoms with van der Waals surface area (Å²) < 4.78 is 10.9. The number of rotatable bonds is 5. The predicted octanol–water partition coefficient (Wildman–Crippen LogP) is 2.05. The highest BCUT2D eigenvalue weighted by Crippen LogP contribution is 2.28. The van der Waals surface area contributed by atoms with Crippen molar-refractivity contribution in [2.45, 2.75) is 32.2 Å². The molecule has 2 amide bonds. The summed E-state index contributed by atoms with van der Waals surface area (Å²) in [5, 5.41) is 2.91. The third kappa shape index (κ3) is 3.70. The lowest BCUT2D eigenvalue weighted by atomic mass is 10.1. The van der Waals surface area contributed by atoms with Crippen LogP contribution in [0, 0.1) is 5.92 Å². The number of anilines is 1. The standard InChI is InChI=1S/C18H24N2O4/c1-2-24-16-6-4-3-5-15(16)19-18(22)13-11-17(21)20(12-13)14-7-9-23-10-8-14/h3-6,13-14H,2,7-12H2,1H3,(H,19,22). The van der Waals surface area contributed by atoms with Crippen molar-refractivity contribution >= 4 is 17.5 Å². The van der Waals surface area contributed by atoms with E-state index < -0.39 is 0 Å². The smallest absolute Gasteiger partial charge is 0.229 e. The number of amides is 2. The summed E-state index contributed by atoms with van der Waals surface area (Å²) in [5.41, 5.74) is 0.654. The molecule has 1 atom stereocenters. The first-order valence-electron chi connectivity index (χ1n) is 8.59. The van der Waals surface area contributed by atoms with Gasteiger partial charge in [-0.15, -0.1) is 0 Å². The molecular formula is C18H24N2O4. The van der Waals surface area contributed by atoms with Gasteiger partial charge in [0.1, 0.15) is 5.75 Å². The molecule has 0 spiro atoms. The summed E-state index contributed by atoms with van der Waals surface area (Å²) in [6.45, 7) is 4.30. The second kappa shape index (κ2) is 7.66. The topological polar surface area (TPSA) is 67.9 Å². The van der Waals surface area contributed by atoms with Gasteiger partial charge in [-0.2, -0.15) is 0 Å². The first-order chi connectivity index (χ1) is 11.7. The van der Waals surface area contributed by atoms with Crippen LogP contribution in [0.2, 0.25) is 0 Å². The number of benzene rings is 1. The maximum atomic E-state index is 12.6. The number of carbonyl (C=O) groups is 2. The van der Waals surface area contributed by atoms with E-state index >= 15 is 0 Å². The van der Waals surface area contributed by atoms with Gasteiger partial charge in [-0.3, -0.25) is 9.59 Å². The van der Waals surface area contributed by atoms with Crippen LogP contribution >= 0.6 is 0 Å². The van der Waals surface area contributed by atoms with Gasteiger partial charge >= 0.3 is 0 Å². The van der Waals surface area contributed by atoms with Gasteiger partial charge in [0.25, 0.3) is 0 Å². The Balaban J connectivity index is 1.63. The summed E-state index contributed by atoms with van der Waals surface area (Å²) in [6, 6.07) is 7.57. The molecule has 3 rings (SSSR count). The summed E-state index contributed by atoms with van der Waals surface area (Å²) in [6.07, 6.45) is 1.99. The minimum Gasteiger partial charge on any atom is -0.492 e. The zero-order valence-electron chi connectivity index (χ0n) is 14.0. The van der Waals surface area contributed by atoms with E-state index in [-0.39, 0.29) is 30.2 Å². The number of hydrogen-bond donors (Lipinski definition) is 1. The van der Waals surface area contributed by atoms with E-state index in [0.29, 0.717) is 37.8 Å². The van der Waals surface area contributed by atoms with Crippen molar-refractivity contribution in [2.24, 2.45) is 5.92 Å². The normalized spacial score (nSPS) is 21.8. The molecule has 2 saturated heterocycles. The number of likely N-dealkylation sites (tertiary alicyclic amines) is 1. The monoisotopic (exact) mass is 332 g/mol. The van der Waals surface area contributed by atoms with Gasteiger partial charge in [-0.05, 0) is 31.9 Å². The quantitative estimate of drug-likeness (QED) is 0.896. The first-order valence-corrected chi connectivity index (χ1v) is 8.59. The van der Waals surface area contributed by atoms with Crippen LogP contribution in [-0.4, -0.2) is 49.1 Å². The van der Waals surface area contributed by atoms with Crippen LogP contribution in [0.3, 0.4) is 0 Å². The lowest BCUT2D eigenvalue weighted by Gasteiger charge is -2.31. The molecule has 0 aromatic heterocycles. The van der Waals surface area contributed by atoms with E-state index in [2.05, 4.69) is 5.32 Å². The Kier molecular flexibility index (Phi) is 5.35. The fraction of sp³-hybridized carbons (Fsp3) is 0.556. The van der Waals surface area contributed by atoms with E-state index in [1.54, 1.807) is 0 Å². The van der Waals surface area contributed by atoms with Gasteiger partial charge in [0, 0.05) is 32.2 Å². The van der Waals surface area contributed by atoms with Gasteiger partial charge in [0.15, 0.2) is 0 Å². The van der Waals surface area contributed by atoms with Crippen LogP contribution in [0.15, 0.2) is 24.3 Å². The van der Waals surface area contributed by atoms with Crippen LogP contribution < -0.4 is 10.1 Å². The largest absolute Gasteiger partial charge is 0.492 e. The number of carbonyl (C=O) groups excluding carboxylic acids is 2. The molecule has 0 saturated carbocycles. The minimum absolute atomic E-state index is 0.0696. The van der Waals surface area contributed by atoms with E-state index in [1.165, 1.54) is 0 Å². The number of para-hydroxylation sites is 2. The van der Waals surface area contributed by atoms with E-state index in [4.69, 9.17) is 9.47 Å². The number of hydrogen-bond acceptors (Lipinski definition) is 4. The molecular weight excluding hydrogens is 308 g/mol. The molecule has 0 bridgehead atoms. The van der Waals surface area contributed by atoms with E-state index in [9.17, 15) is 9.59 Å². The highest BCUT2D eigenvalue weighted by molar-refractivity contribution is 5.98. The summed E-state index contributed by atoms with van der Waals surface area (Å²) in [7, 11) is 0. The zero-order valence-corrected chi connectivity index (χ0v) is 14.0. The molecule has 2 aliphatic heterocycles. The first kappa shape index (κ1) is 16.8. The Bertz CT molecular complexity index is 598. The highest BCUT2D eigenvalue weighted by Gasteiger charge is 2.38. The average Bonchev–Trinajstić information content (AvgIpc) is 3.00. The second-order valence-corrected chi connectivity index (χ2v) is 6.21. The van der Waals surface area contributed by atoms with Crippen molar-refractivity contribution < 1.29 is 19.1 Å². The fourth-order valence-corrected chi connectivity index (χ4v) is 3.34. The maximum absolute atomic E-state index is 12.6. The van der Waals surface area contributed by atoms with Crippen LogP contribution in [0.1, 0.15) is 26.2 Å². The second-order valence-electron chi connectivity index (χ2n) is 6.21. The summed E-state index contributed by atoms with van der Waals surface area (Å²) in [4.78, 5) is 26.7. The molecule has 1 aromatic carbocycles. The van der Waals surface area contributed by atoms with Crippen molar-refractivity contribution in [2.75, 3.05) is 31.7 Å². The van der Waals surface area contributed by atoms with Crippen LogP contribution in [0.4, 0.5) is 5.69 Å². The van der Waals surface area contributed by atoms with Crippen LogP contribution in [-0.2, 0) is 14.3 Å². The zero-order chi connectivity index (χ0) is 16.9. The van der Waals surface area contributed by atoms with Gasteiger partial charge in [0.05, 0.1) is 18.2 Å². The van der Waals surface area contributed by atoms with Gasteiger partial charge in [-0.25, -0.2) is 0 Å². The molecule has 130 valence electrons. The molecule has 1 N–H and O–H groups in total. The van der Waals surface area contributed by atoms with Crippen molar-refractivity contribution in [3.8, 4) is 5.75 Å². The highest BCUT2D eigenvalue weighted by atomic mass is 16.5. The van der Waals surface area contributed by atoms with Gasteiger partial charge < -0.3 is 19.7 Å². The number of nitrogens with zero attached hydrogens (tertiary/aromatic N) is 1. The number of ether oxygens (including phenoxy) is 2. The van der Waals surface area contributed by atoms with Crippen molar-refractivity contribution in [1.82, 2.24) is 4.90 Å². The Morgan fingerprint density at radius 2 is 2.08 bits per heavy atom. The van der Waals surface area contributed by atoms with Crippen LogP contribution in [0.25, 0.3) is 0 Å². The van der Waals surface area contributed by atoms with Crippen molar-refractivity contribution in [3.63, 3.8) is 0 Å². The third-order valence-corrected chi connectivity index (χ3v) is 4.61. The van der Waals surface area contributed by atoms with Gasteiger partial charge in [-0.1, -0.05) is 12.1 Å². The molecule has 2 fully saturated rings. The van der Waals surface area contributed by atoms with Crippen LogP contribution in [0.5, 0.6) is 5.75 Å². The molecule has 24 heavy (non-hydrogen) atoms. The molecule has 1 aromatic rings. The molecule has 6 heteroatoms. The van der Waals surface area contributed by atoms with E-state index in [1.807, 2.05) is 36.1 Å². The molecule has 6 nitrogen and oxygen atoms in total. The molecule has 2 heterocycles. The SMILES string of the molecule is CCOc1ccccc1NC(=O)C1CC(=O)N(C2CCOCC2)C1. The molecule has 0 aliphatic carbocycles. The predicted molar refractivity (Wildman–Crippen MR) is 89.9 cm³/mol. The lowest BCUT2D eigenvalue weighted by molar-refractivity contribution is -0.131. The lowest BCUT2D eigenvalue weighted by Crippen LogP contribution is -2.41. The molecule has 0 radical (unpaired) electrons. The van der Waals surface area contributed by atoms with Crippen molar-refractivity contribution in [3.05, 3.63) is 24.3 Å². The Morgan fingerprint density at radius 3 is 2.83 bits per heavy atom. The third-order valence-electron chi connectivity index (χ3n) is 4.61. The minimum atomic E-state index is -0.310. The maximum Gasteiger partial charge on any atom is 0.229 e. The van der Waals surface area contributed by atoms with Gasteiger partial charge in [0.2, 0.25) is 11.8 Å². The Morgan fingerprint density at radius 1 is 1.33 bits per heavy atom. The van der Waals surface area contributed by atoms with E-state index in [0.717, 1.165) is 12.8 Å². The number of nitrogens with one attached hydrogen (secondary N) is 1. The Labute approximate surface area is 142 Å². The fourth-order valence-electron chi connectivity index (χ4n) is 3.34. The summed E-state index contributed by atoms with van der Waals surface area (Å²) in [5.74, 6) is 0.291. The molecule has 1 unspecified atom stereocenters. The van der Waals surface area contributed by atoms with Crippen molar-refractivity contribution in [1.29, 1.82) is 0 Å². The average molecular weight is 332 g/mol. The Hall–Kier alpha value is -2.08. The molecule has 2 aliphatic rings.